The molecule has 6 aromatic carbocycles. The third-order valence-electron chi connectivity index (χ3n) is 20.7. The number of para-hydroxylation sites is 6. The number of esters is 2. The molecule has 0 aliphatic carbocycles. The second-order valence-corrected chi connectivity index (χ2v) is 31.7. The lowest BCUT2D eigenvalue weighted by molar-refractivity contribution is -0.143. The van der Waals surface area contributed by atoms with Crippen molar-refractivity contribution >= 4 is 81.5 Å². The van der Waals surface area contributed by atoms with Crippen molar-refractivity contribution in [2.24, 2.45) is 65.1 Å². The lowest BCUT2D eigenvalue weighted by Gasteiger charge is -2.20. The van der Waals surface area contributed by atoms with E-state index in [-0.39, 0.29) is 118 Å². The van der Waals surface area contributed by atoms with E-state index in [1.165, 1.54) is 65.2 Å². The molecule has 646 valence electrons. The average Bonchev–Trinajstić information content (AvgIpc) is 1.71. The fourth-order valence-electron chi connectivity index (χ4n) is 14.1. The third-order valence-corrected chi connectivity index (χ3v) is 20.7. The fraction of sp³-hybridized carbons (Fsp3) is 0.495. The lowest BCUT2D eigenvalue weighted by atomic mass is 9.87. The molecule has 23 nitrogen and oxygen atoms in total. The number of ether oxygens (including phenoxy) is 3. The maximum atomic E-state index is 12.5. The Bertz CT molecular complexity index is 3860. The van der Waals surface area contributed by atoms with E-state index >= 15 is 0 Å². The summed E-state index contributed by atoms with van der Waals surface area (Å²) in [6, 6.07) is 59.0. The van der Waals surface area contributed by atoms with Crippen LogP contribution in [0.1, 0.15) is 182 Å². The molecule has 6 heterocycles. The minimum atomic E-state index is -0.365. The van der Waals surface area contributed by atoms with Gasteiger partial charge < -0.3 is 14.2 Å². The molecule has 6 aliphatic rings. The molecule has 6 amide bonds. The molecule has 0 spiro atoms. The van der Waals surface area contributed by atoms with Crippen molar-refractivity contribution in [2.45, 2.75) is 182 Å². The predicted molar refractivity (Wildman–Crippen MR) is 479 cm³/mol. The number of amides is 6. The van der Waals surface area contributed by atoms with Crippen LogP contribution in [0.4, 0.5) is 34.1 Å². The molecule has 0 aromatic heterocycles. The Morgan fingerprint density at radius 3 is 1.04 bits per heavy atom. The summed E-state index contributed by atoms with van der Waals surface area (Å²) in [6.07, 6.45) is 19.5. The second-order valence-electron chi connectivity index (χ2n) is 31.7. The first-order chi connectivity index (χ1) is 55.3. The molecule has 0 bridgehead atoms. The SMILES string of the molecule is C.C.C.C=C(C)OCC1CN(c2ccccc2)NC1=O.CC(=O)OCC1CN(c2ccccc2)NC1=O.CC(=O)OCCC1CN(c2ccccc2)NC1=O.CC(C)CC1CN(c2ccccc2)NC1=O.CC(C)CCCC(C)CCCC(C)CCCC(C)C1CN(c2ccccc2)NC1=O.CCC=CCC1CN(c2ccccc2)NC1=O. The van der Waals surface area contributed by atoms with Gasteiger partial charge in [-0.2, -0.15) is 0 Å². The maximum Gasteiger partial charge on any atom is 0.302 e. The largest absolute Gasteiger partial charge is 0.498 e. The summed E-state index contributed by atoms with van der Waals surface area (Å²) in [7, 11) is 0. The number of allylic oxidation sites excluding steroid dienone is 3. The van der Waals surface area contributed by atoms with Crippen LogP contribution < -0.4 is 62.6 Å². The second kappa shape index (κ2) is 53.5. The van der Waals surface area contributed by atoms with Crippen LogP contribution in [0.15, 0.2) is 206 Å². The Kier molecular flexibility index (Phi) is 45.1. The van der Waals surface area contributed by atoms with Crippen molar-refractivity contribution in [3.8, 4) is 0 Å². The highest BCUT2D eigenvalue weighted by molar-refractivity contribution is 5.87. The summed E-state index contributed by atoms with van der Waals surface area (Å²) in [5.41, 5.74) is 23.3. The van der Waals surface area contributed by atoms with Gasteiger partial charge in [0.1, 0.15) is 13.2 Å². The van der Waals surface area contributed by atoms with Gasteiger partial charge >= 0.3 is 11.9 Å². The molecule has 12 rings (SSSR count). The highest BCUT2D eigenvalue weighted by Gasteiger charge is 2.37. The van der Waals surface area contributed by atoms with E-state index in [0.717, 1.165) is 97.2 Å². The van der Waals surface area contributed by atoms with Crippen LogP contribution >= 0.6 is 0 Å². The zero-order chi connectivity index (χ0) is 83.0. The van der Waals surface area contributed by atoms with Gasteiger partial charge in [0.05, 0.1) is 121 Å². The van der Waals surface area contributed by atoms with Gasteiger partial charge in [0.25, 0.3) is 0 Å². The van der Waals surface area contributed by atoms with E-state index < -0.39 is 0 Å². The van der Waals surface area contributed by atoms with E-state index in [1.54, 1.807) is 11.9 Å². The van der Waals surface area contributed by atoms with E-state index in [2.05, 4.69) is 119 Å². The standard InChI is InChI=1S/C27H46N2O.C14H18N2O.C13H16N2O3.C13H16N2O2.C13H18N2O.C12H14N2O3.3CH4/c1-21(2)12-9-13-22(3)14-10-15-23(4)16-11-17-24(5)26-20-29(28-27(26)30)25-18-7-6-8-19-25;1-2-3-5-8-12-11-16(15-14(12)17)13-9-6-4-7-10-13;1-10(16)18-8-7-11-9-15(14-13(11)17)12-5-3-2-4-6-12;1-10(2)17-9-11-8-15(14-13(11)16)12-6-4-3-5-7-12;1-10(2)8-11-9-15(14-13(11)16)12-6-4-3-5-7-12;1-9(15)17-8-10-7-14(13-12(10)16)11-5-3-2-4-6-11;;;/h6-8,18-19,21-24,26H,9-17,20H2,1-5H3,(H,28,30);3-7,9-10,12H,2,8,11H2,1H3,(H,15,17);2-6,11H,7-9H2,1H3,(H,14,17);3-7,11H,1,8-9H2,2H3,(H,14,16);3-7,10-11H,8-9H2,1-2H3,(H,14,16);2-6,10H,7-8H2,1H3,(H,13,16);3*1H4. The van der Waals surface area contributed by atoms with Gasteiger partial charge in [0.2, 0.25) is 35.4 Å². The van der Waals surface area contributed by atoms with Crippen LogP contribution in [0.25, 0.3) is 0 Å². The number of carbonyl (C=O) groups is 8. The Hall–Kier alpha value is -10.8. The number of hydrazine groups is 6. The smallest absolute Gasteiger partial charge is 0.302 e. The summed E-state index contributed by atoms with van der Waals surface area (Å²) in [5.74, 6) is 3.51. The van der Waals surface area contributed by atoms with Crippen LogP contribution in [-0.2, 0) is 52.6 Å². The van der Waals surface area contributed by atoms with E-state index in [0.29, 0.717) is 50.3 Å². The van der Waals surface area contributed by atoms with Crippen LogP contribution in [0.5, 0.6) is 0 Å². The maximum absolute atomic E-state index is 12.5. The van der Waals surface area contributed by atoms with E-state index in [4.69, 9.17) is 14.2 Å². The number of nitrogens with zero attached hydrogens (tertiary/aromatic N) is 6. The van der Waals surface area contributed by atoms with Gasteiger partial charge in [-0.05, 0) is 141 Å². The molecule has 0 saturated carbocycles. The van der Waals surface area contributed by atoms with Crippen molar-refractivity contribution in [1.29, 1.82) is 0 Å². The number of anilines is 6. The molecule has 6 aromatic rings. The van der Waals surface area contributed by atoms with Gasteiger partial charge in [-0.1, -0.05) is 257 Å². The van der Waals surface area contributed by atoms with Crippen LogP contribution in [0.3, 0.4) is 0 Å². The Morgan fingerprint density at radius 2 is 0.686 bits per heavy atom. The monoisotopic (exact) mass is 1630 g/mol. The summed E-state index contributed by atoms with van der Waals surface area (Å²) in [6.45, 7) is 31.1. The van der Waals surface area contributed by atoms with Gasteiger partial charge in [0, 0.05) is 13.8 Å². The number of hydrogen-bond donors (Lipinski definition) is 6. The molecule has 6 saturated heterocycles. The van der Waals surface area contributed by atoms with Gasteiger partial charge in [-0.15, -0.1) is 0 Å². The molecule has 23 heteroatoms. The summed E-state index contributed by atoms with van der Waals surface area (Å²) < 4.78 is 15.0. The first-order valence-corrected chi connectivity index (χ1v) is 41.3. The van der Waals surface area contributed by atoms with Crippen LogP contribution in [-0.4, -0.2) is 106 Å². The third kappa shape index (κ3) is 35.2. The molecule has 9 atom stereocenters. The number of carbonyl (C=O) groups excluding carboxylic acids is 8. The van der Waals surface area contributed by atoms with E-state index in [9.17, 15) is 38.4 Å². The van der Waals surface area contributed by atoms with E-state index in [1.807, 2.05) is 195 Å². The lowest BCUT2D eigenvalue weighted by Crippen LogP contribution is -2.32. The van der Waals surface area contributed by atoms with Crippen molar-refractivity contribution in [3.63, 3.8) is 0 Å². The minimum absolute atomic E-state index is 0. The highest BCUT2D eigenvalue weighted by Crippen LogP contribution is 2.30. The predicted octanol–water partition coefficient (Wildman–Crippen LogP) is 17.4. The molecule has 6 fully saturated rings. The van der Waals surface area contributed by atoms with Gasteiger partial charge in [-0.25, -0.2) is 0 Å². The molecule has 6 aliphatic heterocycles. The summed E-state index contributed by atoms with van der Waals surface area (Å²) >= 11 is 0. The van der Waals surface area contributed by atoms with Crippen molar-refractivity contribution in [2.75, 3.05) is 89.1 Å². The first kappa shape index (κ1) is 99.5. The van der Waals surface area contributed by atoms with Gasteiger partial charge in [-0.3, -0.25) is 101 Å². The van der Waals surface area contributed by atoms with Crippen molar-refractivity contribution < 1.29 is 52.6 Å². The Labute approximate surface area is 705 Å². The summed E-state index contributed by atoms with van der Waals surface area (Å²) in [5, 5.41) is 11.3. The highest BCUT2D eigenvalue weighted by atomic mass is 16.5. The quantitative estimate of drug-likeness (QED) is 0.0130. The number of hydrogen-bond acceptors (Lipinski definition) is 17. The van der Waals surface area contributed by atoms with Gasteiger partial charge in [0.15, 0.2) is 0 Å². The van der Waals surface area contributed by atoms with Crippen molar-refractivity contribution in [3.05, 3.63) is 206 Å². The Morgan fingerprint density at radius 1 is 0.381 bits per heavy atom. The zero-order valence-electron chi connectivity index (χ0n) is 69.8. The summed E-state index contributed by atoms with van der Waals surface area (Å²) in [4.78, 5) is 92.4. The average molecular weight is 1630 g/mol. The topological polar surface area (TPSA) is 256 Å². The molecule has 9 unspecified atom stereocenters. The van der Waals surface area contributed by atoms with Crippen molar-refractivity contribution in [1.82, 2.24) is 32.6 Å². The van der Waals surface area contributed by atoms with Crippen LogP contribution in [0, 0.1) is 65.1 Å². The normalized spacial score (nSPS) is 19.0. The molecular formula is C95H140N12O11. The molecule has 118 heavy (non-hydrogen) atoms. The minimum Gasteiger partial charge on any atom is -0.498 e. The fourth-order valence-corrected chi connectivity index (χ4v) is 14.1. The number of nitrogens with one attached hydrogen (secondary N) is 6. The molecular weight excluding hydrogens is 1490 g/mol. The Balaban J connectivity index is 0.000000301. The molecule has 0 radical (unpaired) electrons. The molecule has 6 N–H and O–H groups in total. The number of rotatable bonds is 32. The zero-order valence-corrected chi connectivity index (χ0v) is 69.8. The first-order valence-electron chi connectivity index (χ1n) is 41.3. The number of benzene rings is 6. The van der Waals surface area contributed by atoms with Crippen LogP contribution in [0.2, 0.25) is 0 Å².